The van der Waals surface area contributed by atoms with Crippen LogP contribution >= 0.6 is 29.8 Å². The first-order valence-electron chi connectivity index (χ1n) is 44.2. The highest BCUT2D eigenvalue weighted by atomic mass is 32.1. The number of aromatic nitrogens is 8. The summed E-state index contributed by atoms with van der Waals surface area (Å²) in [5.41, 5.74) is 23.3. The monoisotopic (exact) mass is 1750 g/mol. The minimum absolute atomic E-state index is 0.678. The molecule has 26 rings (SSSR count). The van der Waals surface area contributed by atoms with Gasteiger partial charge >= 0.3 is 0 Å². The maximum Gasteiger partial charge on any atom is 0.171 e. The third kappa shape index (κ3) is 14.9. The lowest BCUT2D eigenvalue weighted by Crippen LogP contribution is -2.24. The average molecular weight is 1760 g/mol. The van der Waals surface area contributed by atoms with Crippen molar-refractivity contribution < 1.29 is 8.98 Å². The Kier molecular flexibility index (Phi) is 20.4. The number of furan rings is 1. The molecule has 26 aromatic rings. The summed E-state index contributed by atoms with van der Waals surface area (Å²) in [6.45, 7) is 0. The van der Waals surface area contributed by atoms with E-state index in [4.69, 9.17) is 44.3 Å². The summed E-state index contributed by atoms with van der Waals surface area (Å²) in [7, 11) is -3.03. The van der Waals surface area contributed by atoms with Gasteiger partial charge in [0.25, 0.3) is 0 Å². The molecule has 0 radical (unpaired) electrons. The van der Waals surface area contributed by atoms with Gasteiger partial charge in [-0.2, -0.15) is 0 Å². The smallest absolute Gasteiger partial charge is 0.171 e. The molecule has 0 saturated carbocycles. The molecule has 0 fully saturated rings. The summed E-state index contributed by atoms with van der Waals surface area (Å²) < 4.78 is 26.1. The van der Waals surface area contributed by atoms with Gasteiger partial charge in [-0.05, 0) is 146 Å². The second-order valence-corrected chi connectivity index (χ2v) is 37.9. The molecule has 133 heavy (non-hydrogen) atoms. The van der Waals surface area contributed by atoms with Gasteiger partial charge in [0.2, 0.25) is 0 Å². The molecule has 0 N–H and O–H groups in total. The molecule has 0 atom stereocenters. The number of hydrogen-bond donors (Lipinski definition) is 0. The van der Waals surface area contributed by atoms with Crippen LogP contribution in [0.3, 0.4) is 0 Å². The van der Waals surface area contributed by atoms with Gasteiger partial charge in [-0.1, -0.05) is 346 Å². The molecule has 10 aromatic heterocycles. The number of thiophene rings is 2. The van der Waals surface area contributed by atoms with E-state index in [1.54, 1.807) is 0 Å². The van der Waals surface area contributed by atoms with E-state index in [2.05, 4.69) is 261 Å². The Balaban J connectivity index is 0.000000110. The highest BCUT2D eigenvalue weighted by Gasteiger charge is 2.30. The molecule has 10 heterocycles. The number of pyridine rings is 6. The van der Waals surface area contributed by atoms with Crippen LogP contribution in [0.15, 0.2) is 460 Å². The highest BCUT2D eigenvalue weighted by molar-refractivity contribution is 7.85. The van der Waals surface area contributed by atoms with E-state index >= 15 is 0 Å². The molecule has 0 aliphatic heterocycles. The Hall–Kier alpha value is -16.7. The van der Waals surface area contributed by atoms with Gasteiger partial charge in [-0.15, -0.1) is 22.7 Å². The summed E-state index contributed by atoms with van der Waals surface area (Å²) in [6, 6.07) is 150. The van der Waals surface area contributed by atoms with Gasteiger partial charge in [0.15, 0.2) is 13.0 Å². The standard InChI is InChI=1S/C42H26N4S.C40H24N2S.C38H25N2O2P/c1-3-11-27(12-4-1)28-19-21-29(22-20-28)36-25-37(46-42(45-36)30-13-5-2-6-14-30)31-23-24-35(43-26-31)40-39-33-16-8-10-18-38(33)47-41(39)32-15-7-9-17-34(32)44-40;1-2-8-26-21-27(14-13-25(26)7-1)28-15-16-30-23-31(18-17-29(30)22-28)32-19-20-36(41-24-32)39-38-34-10-4-6-12-37(34)43-40(38)33-9-3-5-11-35(33)42-39;41-43(28-11-3-1-4-12-28,29-13-5-2-6-14-29)30-22-19-26(20-23-30)27-21-24-34(39-25-27)37-36-32-16-8-10-18-35(32)42-38(36)31-15-7-9-17-33(31)40-37/h1-26H;1-24H;1-25H. The van der Waals surface area contributed by atoms with Crippen molar-refractivity contribution in [3.63, 3.8) is 0 Å². The molecule has 0 aliphatic rings. The predicted octanol–water partition coefficient (Wildman–Crippen LogP) is 30.9. The van der Waals surface area contributed by atoms with Gasteiger partial charge < -0.3 is 8.98 Å². The summed E-state index contributed by atoms with van der Waals surface area (Å²) in [4.78, 5) is 40.2. The first kappa shape index (κ1) is 79.6. The molecule has 0 bridgehead atoms. The van der Waals surface area contributed by atoms with Crippen LogP contribution in [0.5, 0.6) is 0 Å². The van der Waals surface area contributed by atoms with Crippen molar-refractivity contribution in [2.75, 3.05) is 0 Å². The Morgan fingerprint density at radius 2 is 0.571 bits per heavy atom. The summed E-state index contributed by atoms with van der Waals surface area (Å²) in [5, 5.41) is 17.5. The SMILES string of the molecule is O=P(c1ccccc1)(c1ccccc1)c1ccc(-c2ccc(-c3nc4ccccc4c4oc5ccccc5c34)nc2)cc1.c1ccc(-c2ccc(-c3cc(-c4ccc(-c5nc6ccccc6c6sc7ccccc7c56)nc4)nc(-c4ccccc4)n3)cc2)cc1.c1ccc2cc(-c3ccc4cc(-c5ccc(-c6nc7ccccc7c7sc8ccccc8c67)nc5)ccc4c3)ccc2c1. The van der Waals surface area contributed by atoms with Crippen LogP contribution in [-0.4, -0.2) is 39.9 Å². The molecule has 0 unspecified atom stereocenters. The fourth-order valence-electron chi connectivity index (χ4n) is 18.4. The highest BCUT2D eigenvalue weighted by Crippen LogP contribution is 2.48. The van der Waals surface area contributed by atoms with Crippen molar-refractivity contribution in [3.05, 3.63) is 455 Å². The lowest BCUT2D eigenvalue weighted by atomic mass is 9.97. The lowest BCUT2D eigenvalue weighted by molar-refractivity contribution is 0.592. The topological polar surface area (TPSA) is 133 Å². The molecule has 0 amide bonds. The van der Waals surface area contributed by atoms with E-state index in [1.165, 1.54) is 89.5 Å². The van der Waals surface area contributed by atoms with Crippen molar-refractivity contribution in [2.24, 2.45) is 0 Å². The summed E-state index contributed by atoms with van der Waals surface area (Å²) >= 11 is 3.65. The van der Waals surface area contributed by atoms with Crippen molar-refractivity contribution in [1.29, 1.82) is 0 Å². The number of fused-ring (bicyclic) bond motifs is 17. The van der Waals surface area contributed by atoms with Crippen molar-refractivity contribution in [1.82, 2.24) is 39.9 Å². The Bertz CT molecular complexity index is 8970. The second-order valence-electron chi connectivity index (χ2n) is 33.1. The van der Waals surface area contributed by atoms with Gasteiger partial charge in [0.05, 0.1) is 61.8 Å². The molecule has 0 aliphatic carbocycles. The van der Waals surface area contributed by atoms with Gasteiger partial charge in [0.1, 0.15) is 16.9 Å². The fraction of sp³-hybridized carbons (Fsp3) is 0. The number of rotatable bonds is 13. The minimum atomic E-state index is -3.03. The van der Waals surface area contributed by atoms with E-state index in [1.807, 2.05) is 217 Å². The fourth-order valence-corrected chi connectivity index (χ4v) is 23.5. The Labute approximate surface area is 773 Å². The van der Waals surface area contributed by atoms with Crippen LogP contribution in [-0.2, 0) is 4.57 Å². The van der Waals surface area contributed by atoms with Crippen LogP contribution in [0.4, 0.5) is 0 Å². The van der Waals surface area contributed by atoms with Crippen molar-refractivity contribution >= 4 is 162 Å². The molecule has 624 valence electrons. The molecule has 13 heteroatoms. The van der Waals surface area contributed by atoms with E-state index in [0.717, 1.165) is 150 Å². The normalized spacial score (nSPS) is 11.6. The first-order chi connectivity index (χ1) is 65.8. The first-order valence-corrected chi connectivity index (χ1v) is 47.6. The van der Waals surface area contributed by atoms with Gasteiger partial charge in [-0.25, -0.2) is 24.9 Å². The third-order valence-electron chi connectivity index (χ3n) is 25.1. The Morgan fingerprint density at radius 3 is 1.10 bits per heavy atom. The largest absolute Gasteiger partial charge is 0.455 e. The average Bonchev–Trinajstić information content (AvgIpc) is 1.73. The van der Waals surface area contributed by atoms with Gasteiger partial charge in [0, 0.05) is 124 Å². The van der Waals surface area contributed by atoms with Crippen LogP contribution in [0, 0.1) is 0 Å². The Morgan fingerprint density at radius 1 is 0.226 bits per heavy atom. The van der Waals surface area contributed by atoms with Crippen LogP contribution in [0.1, 0.15) is 0 Å². The van der Waals surface area contributed by atoms with Crippen molar-refractivity contribution in [3.8, 4) is 113 Å². The second kappa shape index (κ2) is 34.0. The molecule has 16 aromatic carbocycles. The molecule has 0 spiro atoms. The number of benzene rings is 16. The number of nitrogens with zero attached hydrogens (tertiary/aromatic N) is 8. The maximum atomic E-state index is 14.7. The van der Waals surface area contributed by atoms with Crippen LogP contribution in [0.25, 0.3) is 229 Å². The zero-order valence-corrected chi connectivity index (χ0v) is 74.0. The van der Waals surface area contributed by atoms with E-state index in [9.17, 15) is 4.57 Å². The minimum Gasteiger partial charge on any atom is -0.455 e. The maximum absolute atomic E-state index is 14.7. The van der Waals surface area contributed by atoms with Crippen molar-refractivity contribution in [2.45, 2.75) is 0 Å². The zero-order valence-electron chi connectivity index (χ0n) is 71.5. The van der Waals surface area contributed by atoms with Crippen LogP contribution < -0.4 is 15.9 Å². The summed E-state index contributed by atoms with van der Waals surface area (Å²) in [5.74, 6) is 0.678. The predicted molar refractivity (Wildman–Crippen MR) is 556 cm³/mol. The molecule has 10 nitrogen and oxygen atoms in total. The number of hydrogen-bond acceptors (Lipinski definition) is 12. The molecule has 0 saturated heterocycles. The van der Waals surface area contributed by atoms with Gasteiger partial charge in [-0.3, -0.25) is 15.0 Å². The molecular formula is C120H75N8O2PS2. The van der Waals surface area contributed by atoms with E-state index in [0.29, 0.717) is 5.82 Å². The number of para-hydroxylation sites is 4. The molecular weight excluding hydrogens is 1680 g/mol. The van der Waals surface area contributed by atoms with E-state index < -0.39 is 7.14 Å². The zero-order chi connectivity index (χ0) is 88.3. The summed E-state index contributed by atoms with van der Waals surface area (Å²) in [6.07, 6.45) is 5.77. The quantitative estimate of drug-likeness (QED) is 0.103. The lowest BCUT2D eigenvalue weighted by Gasteiger charge is -2.20. The van der Waals surface area contributed by atoms with E-state index in [-0.39, 0.29) is 0 Å². The van der Waals surface area contributed by atoms with Crippen LogP contribution in [0.2, 0.25) is 0 Å². The third-order valence-corrected chi connectivity index (χ3v) is 30.5.